The molecule has 39 heavy (non-hydrogen) atoms. The van der Waals surface area contributed by atoms with Crippen molar-refractivity contribution in [3.05, 3.63) is 89.5 Å². The zero-order valence-corrected chi connectivity index (χ0v) is 22.2. The first kappa shape index (κ1) is 26.5. The lowest BCUT2D eigenvalue weighted by Crippen LogP contribution is -2.51. The quantitative estimate of drug-likeness (QED) is 0.331. The summed E-state index contributed by atoms with van der Waals surface area (Å²) in [5.41, 5.74) is 10.6. The molecule has 0 bridgehead atoms. The fourth-order valence-corrected chi connectivity index (χ4v) is 5.37. The molecular formula is C28H29ClN8O2. The van der Waals surface area contributed by atoms with Gasteiger partial charge in [-0.1, -0.05) is 41.9 Å². The topological polar surface area (TPSA) is 132 Å². The van der Waals surface area contributed by atoms with Crippen LogP contribution in [0.2, 0.25) is 5.02 Å². The van der Waals surface area contributed by atoms with E-state index in [2.05, 4.69) is 50.1 Å². The number of likely N-dealkylation sites (tertiary alicyclic amines) is 1. The molecule has 3 N–H and O–H groups in total. The minimum absolute atomic E-state index is 0.196. The molecule has 2 amide bonds. The number of benzene rings is 2. The van der Waals surface area contributed by atoms with Crippen molar-refractivity contribution >= 4 is 23.4 Å². The Morgan fingerprint density at radius 3 is 2.67 bits per heavy atom. The number of primary amides is 1. The molecule has 2 unspecified atom stereocenters. The number of amides is 2. The Bertz CT molecular complexity index is 1430. The summed E-state index contributed by atoms with van der Waals surface area (Å²) in [5.74, 6) is -0.424. The average Bonchev–Trinajstić information content (AvgIpc) is 3.63. The minimum Gasteiger partial charge on any atom is -0.368 e. The van der Waals surface area contributed by atoms with Gasteiger partial charge in [-0.25, -0.2) is 4.68 Å². The third-order valence-corrected chi connectivity index (χ3v) is 7.43. The van der Waals surface area contributed by atoms with E-state index in [-0.39, 0.29) is 18.4 Å². The van der Waals surface area contributed by atoms with Crippen LogP contribution in [0, 0.1) is 5.92 Å². The van der Waals surface area contributed by atoms with Crippen LogP contribution >= 0.6 is 11.6 Å². The number of hydrogen-bond donors (Lipinski definition) is 2. The highest BCUT2D eigenvalue weighted by Gasteiger charge is 2.40. The summed E-state index contributed by atoms with van der Waals surface area (Å²) in [5, 5.41) is 14.8. The molecule has 1 fully saturated rings. The number of nitrogens with two attached hydrogens (primary N) is 1. The lowest BCUT2D eigenvalue weighted by molar-refractivity contribution is -0.129. The zero-order valence-electron chi connectivity index (χ0n) is 21.4. The second-order valence-corrected chi connectivity index (χ2v) is 10.2. The summed E-state index contributed by atoms with van der Waals surface area (Å²) in [6.07, 6.45) is 6.47. The first-order chi connectivity index (χ1) is 18.9. The molecule has 0 radical (unpaired) electrons. The Balaban J connectivity index is 1.23. The van der Waals surface area contributed by atoms with Gasteiger partial charge in [0, 0.05) is 30.5 Å². The van der Waals surface area contributed by atoms with E-state index in [1.165, 1.54) is 16.6 Å². The van der Waals surface area contributed by atoms with E-state index in [9.17, 15) is 9.59 Å². The van der Waals surface area contributed by atoms with Crippen LogP contribution in [-0.4, -0.2) is 60.5 Å². The highest BCUT2D eigenvalue weighted by molar-refractivity contribution is 6.30. The Morgan fingerprint density at radius 1 is 1.15 bits per heavy atom. The molecule has 200 valence electrons. The standard InChI is InChI=1S/C28H29ClN8O2/c1-18(28(39)32-15-23-13-24(29)8-9-25(23)37-17-33-34-35-37)36-16-20(12-26(36)27(30)38)11-19-4-6-21(7-5-19)22-3-2-10-31-14-22/h2-10,13-14,17-18,20,26H,11-12,15-16H2,1H3,(H2,30,38)(H,32,39)/t18-,20?,26?/m0/s1. The van der Waals surface area contributed by atoms with Crippen molar-refractivity contribution in [2.45, 2.75) is 38.4 Å². The van der Waals surface area contributed by atoms with E-state index in [0.29, 0.717) is 23.7 Å². The first-order valence-corrected chi connectivity index (χ1v) is 13.1. The smallest absolute Gasteiger partial charge is 0.237 e. The van der Waals surface area contributed by atoms with Gasteiger partial charge in [-0.3, -0.25) is 19.5 Å². The van der Waals surface area contributed by atoms with Gasteiger partial charge in [-0.2, -0.15) is 0 Å². The highest BCUT2D eigenvalue weighted by Crippen LogP contribution is 2.29. The Hall–Kier alpha value is -4.15. The molecule has 10 nitrogen and oxygen atoms in total. The molecule has 0 saturated carbocycles. The van der Waals surface area contributed by atoms with Gasteiger partial charge in [0.1, 0.15) is 6.33 Å². The highest BCUT2D eigenvalue weighted by atomic mass is 35.5. The number of nitrogens with zero attached hydrogens (tertiary/aromatic N) is 6. The van der Waals surface area contributed by atoms with Crippen LogP contribution in [0.4, 0.5) is 0 Å². The van der Waals surface area contributed by atoms with Crippen LogP contribution in [0.1, 0.15) is 24.5 Å². The van der Waals surface area contributed by atoms with E-state index >= 15 is 0 Å². The third kappa shape index (κ3) is 6.13. The van der Waals surface area contributed by atoms with E-state index in [0.717, 1.165) is 23.1 Å². The molecule has 1 saturated heterocycles. The third-order valence-electron chi connectivity index (χ3n) is 7.19. The van der Waals surface area contributed by atoms with Crippen molar-refractivity contribution in [2.75, 3.05) is 6.54 Å². The van der Waals surface area contributed by atoms with Crippen LogP contribution in [0.25, 0.3) is 16.8 Å². The molecular weight excluding hydrogens is 516 g/mol. The number of rotatable bonds is 9. The van der Waals surface area contributed by atoms with Gasteiger partial charge >= 0.3 is 0 Å². The molecule has 1 aliphatic heterocycles. The lowest BCUT2D eigenvalue weighted by atomic mass is 9.95. The van der Waals surface area contributed by atoms with Crippen LogP contribution in [0.5, 0.6) is 0 Å². The number of hydrogen-bond acceptors (Lipinski definition) is 7. The van der Waals surface area contributed by atoms with E-state index in [1.807, 2.05) is 23.2 Å². The second kappa shape index (κ2) is 11.7. The molecule has 3 atom stereocenters. The van der Waals surface area contributed by atoms with Crippen LogP contribution < -0.4 is 11.1 Å². The second-order valence-electron chi connectivity index (χ2n) is 9.78. The number of halogens is 1. The number of tetrazole rings is 1. The summed E-state index contributed by atoms with van der Waals surface area (Å²) in [6.45, 7) is 2.62. The number of carbonyl (C=O) groups excluding carboxylic acids is 2. The fraction of sp³-hybridized carbons (Fsp3) is 0.286. The number of aromatic nitrogens is 5. The lowest BCUT2D eigenvalue weighted by Gasteiger charge is -2.28. The number of pyridine rings is 1. The van der Waals surface area contributed by atoms with E-state index < -0.39 is 18.0 Å². The molecule has 11 heteroatoms. The maximum Gasteiger partial charge on any atom is 0.237 e. The number of carbonyl (C=O) groups is 2. The van der Waals surface area contributed by atoms with Crippen molar-refractivity contribution in [3.63, 3.8) is 0 Å². The van der Waals surface area contributed by atoms with Gasteiger partial charge < -0.3 is 11.1 Å². The minimum atomic E-state index is -0.545. The molecule has 2 aromatic heterocycles. The van der Waals surface area contributed by atoms with Gasteiger partial charge in [0.15, 0.2) is 0 Å². The first-order valence-electron chi connectivity index (χ1n) is 12.7. The Morgan fingerprint density at radius 2 is 1.97 bits per heavy atom. The van der Waals surface area contributed by atoms with Crippen molar-refractivity contribution < 1.29 is 9.59 Å². The molecule has 0 aliphatic carbocycles. The zero-order chi connectivity index (χ0) is 27.4. The summed E-state index contributed by atoms with van der Waals surface area (Å²) < 4.78 is 1.51. The SMILES string of the molecule is C[C@@H](C(=O)NCc1cc(Cl)ccc1-n1cnnn1)N1CC(Cc2ccc(-c3cccnc3)cc2)CC1C(N)=O. The normalized spacial score (nSPS) is 18.1. The molecule has 5 rings (SSSR count). The van der Waals surface area contributed by atoms with Crippen LogP contribution in [0.3, 0.4) is 0 Å². The Labute approximate surface area is 231 Å². The monoisotopic (exact) mass is 544 g/mol. The van der Waals surface area contributed by atoms with Crippen molar-refractivity contribution in [1.82, 2.24) is 35.4 Å². The van der Waals surface area contributed by atoms with E-state index in [1.54, 1.807) is 31.3 Å². The number of nitrogens with one attached hydrogen (secondary N) is 1. The maximum absolute atomic E-state index is 13.2. The van der Waals surface area contributed by atoms with Gasteiger partial charge in [-0.05, 0) is 82.6 Å². The predicted octanol–water partition coefficient (Wildman–Crippen LogP) is 2.80. The molecule has 0 spiro atoms. The van der Waals surface area contributed by atoms with Gasteiger partial charge in [-0.15, -0.1) is 5.10 Å². The molecule has 1 aliphatic rings. The van der Waals surface area contributed by atoms with E-state index in [4.69, 9.17) is 17.3 Å². The fourth-order valence-electron chi connectivity index (χ4n) is 5.18. The summed E-state index contributed by atoms with van der Waals surface area (Å²) in [7, 11) is 0. The molecule has 2 aromatic carbocycles. The van der Waals surface area contributed by atoms with Crippen molar-refractivity contribution in [2.24, 2.45) is 11.7 Å². The molecule has 3 heterocycles. The van der Waals surface area contributed by atoms with Crippen LogP contribution in [0.15, 0.2) is 73.3 Å². The maximum atomic E-state index is 13.2. The van der Waals surface area contributed by atoms with Gasteiger partial charge in [0.25, 0.3) is 0 Å². The summed E-state index contributed by atoms with van der Waals surface area (Å²) in [4.78, 5) is 31.6. The largest absolute Gasteiger partial charge is 0.368 e. The summed E-state index contributed by atoms with van der Waals surface area (Å²) >= 11 is 6.20. The predicted molar refractivity (Wildman–Crippen MR) is 147 cm³/mol. The van der Waals surface area contributed by atoms with Gasteiger partial charge in [0.05, 0.1) is 17.8 Å². The van der Waals surface area contributed by atoms with Gasteiger partial charge in [0.2, 0.25) is 11.8 Å². The Kier molecular flexibility index (Phi) is 7.94. The molecule has 4 aromatic rings. The van der Waals surface area contributed by atoms with Crippen molar-refractivity contribution in [1.29, 1.82) is 0 Å². The van der Waals surface area contributed by atoms with Crippen molar-refractivity contribution in [3.8, 4) is 16.8 Å². The van der Waals surface area contributed by atoms with Crippen LogP contribution in [-0.2, 0) is 22.6 Å². The average molecular weight is 545 g/mol. The summed E-state index contributed by atoms with van der Waals surface area (Å²) in [6, 6.07) is 16.6.